The van der Waals surface area contributed by atoms with E-state index >= 15 is 0 Å². The molecule has 1 unspecified atom stereocenters. The number of nitrogens with one attached hydrogen (secondary N) is 4. The van der Waals surface area contributed by atoms with Crippen molar-refractivity contribution in [3.8, 4) is 5.75 Å². The minimum Gasteiger partial charge on any atom is -0.483 e. The molecule has 0 aliphatic heterocycles. The van der Waals surface area contributed by atoms with Gasteiger partial charge in [-0.2, -0.15) is 0 Å². The largest absolute Gasteiger partial charge is 0.483 e. The van der Waals surface area contributed by atoms with Gasteiger partial charge < -0.3 is 30.7 Å². The molecule has 0 saturated carbocycles. The second-order valence-electron chi connectivity index (χ2n) is 10.6. The highest BCUT2D eigenvalue weighted by Gasteiger charge is 2.21. The topological polar surface area (TPSA) is 135 Å². The van der Waals surface area contributed by atoms with Gasteiger partial charge in [-0.15, -0.1) is 0 Å². The van der Waals surface area contributed by atoms with Gasteiger partial charge in [0.1, 0.15) is 5.75 Å². The molecule has 0 bridgehead atoms. The number of urea groups is 1. The van der Waals surface area contributed by atoms with E-state index in [4.69, 9.17) is 4.74 Å². The Labute approximate surface area is 252 Å². The Morgan fingerprint density at radius 2 is 1.60 bits per heavy atom. The quantitative estimate of drug-likeness (QED) is 0.206. The fourth-order valence-electron chi connectivity index (χ4n) is 4.43. The van der Waals surface area contributed by atoms with E-state index < -0.39 is 12.1 Å². The number of hydrogen-bond acceptors (Lipinski definition) is 6. The van der Waals surface area contributed by atoms with Crippen LogP contribution in [0.15, 0.2) is 66.7 Å². The number of methoxy groups -OCH3 is 1. The number of aryl methyl sites for hydroxylation is 1. The lowest BCUT2D eigenvalue weighted by molar-refractivity contribution is -0.139. The summed E-state index contributed by atoms with van der Waals surface area (Å²) in [5.41, 5.74) is 4.69. The van der Waals surface area contributed by atoms with Gasteiger partial charge in [-0.05, 0) is 67.1 Å². The standard InChI is InChI=1S/C33H40N4O6/c1-21(2)16-28(37-30(38)19-34-33(41)35-25-12-9-11-24(17-25)18-32(40)42-5)26-13-6-7-15-29(26)43-20-31(39)36-27-14-8-10-22(3)23(27)4/h6-15,17,21,28H,16,18-20H2,1-5H3,(H,36,39)(H,37,38)(H2,34,35,41). The van der Waals surface area contributed by atoms with Gasteiger partial charge in [0.2, 0.25) is 5.91 Å². The Morgan fingerprint density at radius 3 is 2.35 bits per heavy atom. The minimum atomic E-state index is -0.565. The molecule has 0 aliphatic carbocycles. The van der Waals surface area contributed by atoms with Crippen LogP contribution in [0.4, 0.5) is 16.2 Å². The fourth-order valence-corrected chi connectivity index (χ4v) is 4.43. The number of carbonyl (C=O) groups is 4. The normalized spacial score (nSPS) is 11.3. The number of amides is 4. The summed E-state index contributed by atoms with van der Waals surface area (Å²) in [7, 11) is 1.31. The molecule has 0 aromatic heterocycles. The molecule has 1 atom stereocenters. The van der Waals surface area contributed by atoms with Crippen molar-refractivity contribution >= 4 is 35.2 Å². The zero-order valence-corrected chi connectivity index (χ0v) is 25.3. The average molecular weight is 589 g/mol. The van der Waals surface area contributed by atoms with Crippen molar-refractivity contribution in [2.24, 2.45) is 5.92 Å². The van der Waals surface area contributed by atoms with Crippen molar-refractivity contribution in [2.45, 2.75) is 46.6 Å². The van der Waals surface area contributed by atoms with Crippen LogP contribution in [-0.2, 0) is 25.5 Å². The van der Waals surface area contributed by atoms with E-state index in [9.17, 15) is 19.2 Å². The van der Waals surface area contributed by atoms with Crippen LogP contribution in [0, 0.1) is 19.8 Å². The third kappa shape index (κ3) is 10.5. The van der Waals surface area contributed by atoms with E-state index in [-0.39, 0.29) is 43.3 Å². The van der Waals surface area contributed by atoms with E-state index in [2.05, 4.69) is 26.0 Å². The number of hydrogen-bond donors (Lipinski definition) is 4. The van der Waals surface area contributed by atoms with Crippen LogP contribution in [0.3, 0.4) is 0 Å². The molecule has 4 amide bonds. The monoisotopic (exact) mass is 588 g/mol. The molecule has 3 aromatic carbocycles. The Balaban J connectivity index is 1.59. The van der Waals surface area contributed by atoms with Gasteiger partial charge in [-0.25, -0.2) is 4.79 Å². The van der Waals surface area contributed by atoms with Crippen molar-refractivity contribution in [1.29, 1.82) is 0 Å². The predicted molar refractivity (Wildman–Crippen MR) is 166 cm³/mol. The van der Waals surface area contributed by atoms with Crippen molar-refractivity contribution in [3.05, 3.63) is 89.0 Å². The zero-order chi connectivity index (χ0) is 31.4. The molecule has 0 fully saturated rings. The lowest BCUT2D eigenvalue weighted by Crippen LogP contribution is -2.40. The molecule has 10 heteroatoms. The number of esters is 1. The summed E-state index contributed by atoms with van der Waals surface area (Å²) < 4.78 is 10.6. The van der Waals surface area contributed by atoms with Gasteiger partial charge in [-0.1, -0.05) is 56.3 Å². The van der Waals surface area contributed by atoms with Crippen molar-refractivity contribution in [3.63, 3.8) is 0 Å². The van der Waals surface area contributed by atoms with Crippen LogP contribution >= 0.6 is 0 Å². The average Bonchev–Trinajstić information content (AvgIpc) is 2.97. The lowest BCUT2D eigenvalue weighted by atomic mass is 9.96. The molecular weight excluding hydrogens is 548 g/mol. The van der Waals surface area contributed by atoms with Gasteiger partial charge >= 0.3 is 12.0 Å². The molecule has 0 spiro atoms. The van der Waals surface area contributed by atoms with E-state index in [0.29, 0.717) is 23.4 Å². The Kier molecular flexibility index (Phi) is 12.1. The van der Waals surface area contributed by atoms with E-state index in [1.807, 2.05) is 64.1 Å². The van der Waals surface area contributed by atoms with Gasteiger partial charge in [0.05, 0.1) is 26.1 Å². The third-order valence-corrected chi connectivity index (χ3v) is 6.74. The van der Waals surface area contributed by atoms with Crippen molar-refractivity contribution in [1.82, 2.24) is 10.6 Å². The second-order valence-corrected chi connectivity index (χ2v) is 10.6. The molecule has 3 aromatic rings. The van der Waals surface area contributed by atoms with Crippen LogP contribution in [0.2, 0.25) is 0 Å². The SMILES string of the molecule is COC(=O)Cc1cccc(NC(=O)NCC(=O)NC(CC(C)C)c2ccccc2OCC(=O)Nc2cccc(C)c2C)c1. The maximum Gasteiger partial charge on any atom is 0.319 e. The van der Waals surface area contributed by atoms with E-state index in [1.54, 1.807) is 30.3 Å². The Hall–Kier alpha value is -4.86. The van der Waals surface area contributed by atoms with Crippen LogP contribution < -0.4 is 26.0 Å². The first-order valence-corrected chi connectivity index (χ1v) is 14.1. The minimum absolute atomic E-state index is 0.0789. The predicted octanol–water partition coefficient (Wildman–Crippen LogP) is 5.06. The first kappa shape index (κ1) is 32.7. The summed E-state index contributed by atoms with van der Waals surface area (Å²) in [6.07, 6.45) is 0.690. The third-order valence-electron chi connectivity index (χ3n) is 6.74. The first-order chi connectivity index (χ1) is 20.5. The molecular formula is C33H40N4O6. The summed E-state index contributed by atoms with van der Waals surface area (Å²) in [5.74, 6) is -0.343. The zero-order valence-electron chi connectivity index (χ0n) is 25.3. The number of anilines is 2. The maximum atomic E-state index is 12.9. The molecule has 43 heavy (non-hydrogen) atoms. The molecule has 4 N–H and O–H groups in total. The first-order valence-electron chi connectivity index (χ1n) is 14.1. The number of rotatable bonds is 13. The highest BCUT2D eigenvalue weighted by atomic mass is 16.5. The second kappa shape index (κ2) is 16.0. The van der Waals surface area contributed by atoms with Gasteiger partial charge in [-0.3, -0.25) is 14.4 Å². The fraction of sp³-hybridized carbons (Fsp3) is 0.333. The van der Waals surface area contributed by atoms with Crippen LogP contribution in [-0.4, -0.2) is 44.1 Å². The molecule has 3 rings (SSSR count). The van der Waals surface area contributed by atoms with Crippen molar-refractivity contribution in [2.75, 3.05) is 30.9 Å². The van der Waals surface area contributed by atoms with Crippen LogP contribution in [0.1, 0.15) is 48.6 Å². The summed E-state index contributed by atoms with van der Waals surface area (Å²) in [6, 6.07) is 18.8. The number of benzene rings is 3. The molecule has 0 heterocycles. The molecule has 0 radical (unpaired) electrons. The molecule has 0 aliphatic rings. The summed E-state index contributed by atoms with van der Waals surface area (Å²) >= 11 is 0. The van der Waals surface area contributed by atoms with Crippen LogP contribution in [0.5, 0.6) is 5.75 Å². The van der Waals surface area contributed by atoms with Crippen molar-refractivity contribution < 1.29 is 28.7 Å². The maximum absolute atomic E-state index is 12.9. The number of ether oxygens (including phenoxy) is 2. The summed E-state index contributed by atoms with van der Waals surface area (Å²) in [4.78, 5) is 49.6. The number of para-hydroxylation sites is 1. The Morgan fingerprint density at radius 1 is 0.860 bits per heavy atom. The summed E-state index contributed by atoms with van der Waals surface area (Å²) in [5, 5.41) is 11.1. The van der Waals surface area contributed by atoms with Crippen LogP contribution in [0.25, 0.3) is 0 Å². The highest BCUT2D eigenvalue weighted by molar-refractivity contribution is 5.93. The van der Waals surface area contributed by atoms with Gasteiger partial charge in [0.15, 0.2) is 6.61 Å². The van der Waals surface area contributed by atoms with Gasteiger partial charge in [0.25, 0.3) is 5.91 Å². The highest BCUT2D eigenvalue weighted by Crippen LogP contribution is 2.30. The smallest absolute Gasteiger partial charge is 0.319 e. The molecule has 228 valence electrons. The molecule has 10 nitrogen and oxygen atoms in total. The summed E-state index contributed by atoms with van der Waals surface area (Å²) in [6.45, 7) is 7.56. The molecule has 0 saturated heterocycles. The Bertz CT molecular complexity index is 1440. The van der Waals surface area contributed by atoms with E-state index in [1.165, 1.54) is 7.11 Å². The van der Waals surface area contributed by atoms with E-state index in [0.717, 1.165) is 22.4 Å². The number of carbonyl (C=O) groups excluding carboxylic acids is 4. The van der Waals surface area contributed by atoms with Gasteiger partial charge in [0, 0.05) is 16.9 Å². The lowest BCUT2D eigenvalue weighted by Gasteiger charge is -2.24.